The summed E-state index contributed by atoms with van der Waals surface area (Å²) in [5.41, 5.74) is 10.9. The molecule has 2 aliphatic rings. The number of aromatic nitrogens is 6. The number of aromatic amines is 1. The first-order valence-electron chi connectivity index (χ1n) is 27.4. The topological polar surface area (TPSA) is 72.3 Å². The Morgan fingerprint density at radius 2 is 0.819 bits per heavy atom. The zero-order valence-corrected chi connectivity index (χ0v) is 47.7. The third kappa shape index (κ3) is 7.11. The molecule has 8 heterocycles. The molecule has 388 valence electrons. The number of para-hydroxylation sites is 2. The number of benzene rings is 12. The molecule has 0 bridgehead atoms. The molecule has 20 rings (SSSR count). The minimum atomic E-state index is 0.302. The molecule has 1 N–H and O–H groups in total. The van der Waals surface area contributed by atoms with Crippen LogP contribution in [0, 0.1) is 0 Å². The van der Waals surface area contributed by atoms with E-state index in [0.29, 0.717) is 11.2 Å². The van der Waals surface area contributed by atoms with Crippen molar-refractivity contribution >= 4 is 185 Å². The zero-order chi connectivity index (χ0) is 54.4. The van der Waals surface area contributed by atoms with Crippen molar-refractivity contribution in [3.05, 3.63) is 236 Å². The monoisotopic (exact) mass is 1150 g/mol. The Kier molecular flexibility index (Phi) is 10.6. The molecule has 0 radical (unpaired) electrons. The van der Waals surface area contributed by atoms with Crippen molar-refractivity contribution in [2.75, 3.05) is 0 Å². The molecule has 6 nitrogen and oxygen atoms in total. The van der Waals surface area contributed by atoms with E-state index in [9.17, 15) is 0 Å². The fraction of sp³-hybridized carbons (Fsp3) is 0. The highest BCUT2D eigenvalue weighted by Crippen LogP contribution is 2.52. The first kappa shape index (κ1) is 47.5. The molecule has 2 aliphatic heterocycles. The summed E-state index contributed by atoms with van der Waals surface area (Å²) in [5.74, 6) is 0.714. The standard InChI is InChI=1S/C36H19N3S2.C22H13NS.C14H7ClN2S/c1-2-11-21-20(10-1)30-22-12-3-6-16-26(22)39(34(30)35-31(21)23-13-4-7-17-27(23)41-35)36-37-25-15-9-19-29-32(25)33(38-36)24-14-5-8-18-28(24)40-29;1-2-8-14-13(7-1)19-15-9-3-5-11-17(15)23-21(19)22-20(14)16-10-4-6-12-18(16)24-22;15-14-16-9-5-3-7-11-12(9)13(17-14)8-4-1-2-6-10(8)18-11/h1-19H;1-12,23H;1-7H. The van der Waals surface area contributed by atoms with Crippen molar-refractivity contribution in [1.82, 2.24) is 29.5 Å². The van der Waals surface area contributed by atoms with Gasteiger partial charge < -0.3 is 4.98 Å². The average molecular weight is 1150 g/mol. The van der Waals surface area contributed by atoms with Crippen LogP contribution >= 0.6 is 57.8 Å². The molecule has 0 aliphatic carbocycles. The summed E-state index contributed by atoms with van der Waals surface area (Å²) in [6, 6.07) is 81.9. The molecular formula is C72H39ClN6S4. The summed E-state index contributed by atoms with van der Waals surface area (Å²) < 4.78 is 7.60. The first-order chi connectivity index (χ1) is 41.1. The van der Waals surface area contributed by atoms with Crippen LogP contribution in [0.5, 0.6) is 0 Å². The molecule has 6 aromatic heterocycles. The van der Waals surface area contributed by atoms with Gasteiger partial charge in [0, 0.05) is 99.5 Å². The minimum Gasteiger partial charge on any atom is -0.353 e. The lowest BCUT2D eigenvalue weighted by molar-refractivity contribution is 1.01. The van der Waals surface area contributed by atoms with Crippen molar-refractivity contribution in [2.45, 2.75) is 19.6 Å². The van der Waals surface area contributed by atoms with Gasteiger partial charge in [-0.15, -0.1) is 22.7 Å². The maximum absolute atomic E-state index is 6.02. The maximum atomic E-state index is 6.02. The van der Waals surface area contributed by atoms with Crippen LogP contribution in [-0.2, 0) is 0 Å². The Labute approximate surface area is 494 Å². The molecule has 18 aromatic rings. The van der Waals surface area contributed by atoms with Crippen molar-refractivity contribution in [3.8, 4) is 28.5 Å². The van der Waals surface area contributed by atoms with Crippen LogP contribution in [0.2, 0.25) is 5.28 Å². The second kappa shape index (κ2) is 18.4. The smallest absolute Gasteiger partial charge is 0.235 e. The van der Waals surface area contributed by atoms with Gasteiger partial charge in [-0.25, -0.2) is 19.9 Å². The number of halogens is 1. The van der Waals surface area contributed by atoms with E-state index in [1.54, 1.807) is 23.5 Å². The third-order valence-electron chi connectivity index (χ3n) is 16.4. The van der Waals surface area contributed by atoms with E-state index in [4.69, 9.17) is 21.6 Å². The molecular weight excluding hydrogens is 1110 g/mol. The Morgan fingerprint density at radius 3 is 1.47 bits per heavy atom. The van der Waals surface area contributed by atoms with Crippen molar-refractivity contribution < 1.29 is 0 Å². The quantitative estimate of drug-likeness (QED) is 0.165. The van der Waals surface area contributed by atoms with Gasteiger partial charge in [-0.3, -0.25) is 4.57 Å². The average Bonchev–Trinajstić information content (AvgIpc) is 2.47. The van der Waals surface area contributed by atoms with Gasteiger partial charge >= 0.3 is 0 Å². The zero-order valence-electron chi connectivity index (χ0n) is 43.7. The number of rotatable bonds is 1. The Morgan fingerprint density at radius 1 is 0.349 bits per heavy atom. The van der Waals surface area contributed by atoms with Gasteiger partial charge in [0.15, 0.2) is 0 Å². The predicted octanol–water partition coefficient (Wildman–Crippen LogP) is 21.6. The van der Waals surface area contributed by atoms with Gasteiger partial charge in [0.25, 0.3) is 0 Å². The van der Waals surface area contributed by atoms with Crippen LogP contribution in [-0.4, -0.2) is 29.5 Å². The summed E-state index contributed by atoms with van der Waals surface area (Å²) in [5, 5.41) is 18.3. The lowest BCUT2D eigenvalue weighted by atomic mass is 9.99. The van der Waals surface area contributed by atoms with Gasteiger partial charge in [-0.05, 0) is 93.8 Å². The Balaban J connectivity index is 0.000000106. The van der Waals surface area contributed by atoms with Gasteiger partial charge in [0.1, 0.15) is 0 Å². The third-order valence-corrected chi connectivity index (χ3v) is 21.2. The molecule has 12 aromatic carbocycles. The van der Waals surface area contributed by atoms with E-state index in [-0.39, 0.29) is 0 Å². The van der Waals surface area contributed by atoms with E-state index in [1.165, 1.54) is 125 Å². The Bertz CT molecular complexity index is 5710. The number of hydrogen-bond donors (Lipinski definition) is 1. The highest BCUT2D eigenvalue weighted by molar-refractivity contribution is 8.00. The van der Waals surface area contributed by atoms with Gasteiger partial charge in [0.2, 0.25) is 11.2 Å². The van der Waals surface area contributed by atoms with Gasteiger partial charge in [-0.2, -0.15) is 0 Å². The molecule has 0 spiro atoms. The maximum Gasteiger partial charge on any atom is 0.235 e. The lowest BCUT2D eigenvalue weighted by Crippen LogP contribution is -2.05. The molecule has 0 fully saturated rings. The van der Waals surface area contributed by atoms with Crippen molar-refractivity contribution in [2.24, 2.45) is 0 Å². The number of H-pyrrole nitrogens is 1. The van der Waals surface area contributed by atoms with Crippen LogP contribution in [0.15, 0.2) is 250 Å². The van der Waals surface area contributed by atoms with Crippen LogP contribution in [0.1, 0.15) is 0 Å². The fourth-order valence-corrected chi connectivity index (χ4v) is 17.9. The van der Waals surface area contributed by atoms with Crippen LogP contribution in [0.4, 0.5) is 0 Å². The van der Waals surface area contributed by atoms with Crippen LogP contribution in [0.25, 0.3) is 156 Å². The van der Waals surface area contributed by atoms with E-state index >= 15 is 0 Å². The van der Waals surface area contributed by atoms with E-state index < -0.39 is 0 Å². The predicted molar refractivity (Wildman–Crippen MR) is 354 cm³/mol. The first-order valence-corrected chi connectivity index (χ1v) is 31.0. The summed E-state index contributed by atoms with van der Waals surface area (Å²) in [6.07, 6.45) is 0. The van der Waals surface area contributed by atoms with E-state index in [0.717, 1.165) is 44.3 Å². The molecule has 0 saturated heterocycles. The SMILES string of the molecule is Clc1nc2c3c(cccc3n1)Sc1ccccc1-2.c1ccc2c(c1)Sc1cccc3nc(-n4c5ccccc5c5c6ccccc6c6c7ccccc7sc6c54)nc-2c13.c1ccc2c(c1)[nH]c1c3sc4ccccc4c3c3ccccc3c21. The second-order valence-corrected chi connectivity index (χ2v) is 25.5. The fourth-order valence-electron chi connectivity index (χ4n) is 13.0. The molecule has 0 saturated carbocycles. The number of hydrogen-bond acceptors (Lipinski definition) is 8. The number of nitrogens with zero attached hydrogens (tertiary/aromatic N) is 5. The Hall–Kier alpha value is -9.13. The molecule has 0 unspecified atom stereocenters. The van der Waals surface area contributed by atoms with Crippen LogP contribution in [0.3, 0.4) is 0 Å². The highest BCUT2D eigenvalue weighted by atomic mass is 35.5. The van der Waals surface area contributed by atoms with E-state index in [2.05, 4.69) is 226 Å². The van der Waals surface area contributed by atoms with Crippen molar-refractivity contribution in [3.63, 3.8) is 0 Å². The number of thiophene rings is 2. The number of fused-ring (bicyclic) bond motifs is 24. The lowest BCUT2D eigenvalue weighted by Gasteiger charge is -2.20. The largest absolute Gasteiger partial charge is 0.353 e. The summed E-state index contributed by atoms with van der Waals surface area (Å²) >= 11 is 13.3. The van der Waals surface area contributed by atoms with Crippen LogP contribution < -0.4 is 0 Å². The summed E-state index contributed by atoms with van der Waals surface area (Å²) in [4.78, 5) is 27.9. The normalized spacial score (nSPS) is 12.5. The highest BCUT2D eigenvalue weighted by Gasteiger charge is 2.27. The summed E-state index contributed by atoms with van der Waals surface area (Å²) in [7, 11) is 0. The minimum absolute atomic E-state index is 0.302. The number of nitrogens with one attached hydrogen (secondary N) is 1. The molecule has 11 heteroatoms. The van der Waals surface area contributed by atoms with Gasteiger partial charge in [0.05, 0.1) is 48.4 Å². The molecule has 0 atom stereocenters. The molecule has 83 heavy (non-hydrogen) atoms. The van der Waals surface area contributed by atoms with Crippen molar-refractivity contribution in [1.29, 1.82) is 0 Å². The molecule has 0 amide bonds. The second-order valence-electron chi connectivity index (χ2n) is 20.9. The van der Waals surface area contributed by atoms with E-state index in [1.807, 2.05) is 46.9 Å². The van der Waals surface area contributed by atoms with Gasteiger partial charge in [-0.1, -0.05) is 193 Å². The summed E-state index contributed by atoms with van der Waals surface area (Å²) in [6.45, 7) is 0.